The normalized spacial score (nSPS) is 30.1. The van der Waals surface area contributed by atoms with Crippen LogP contribution in [0, 0.1) is 5.41 Å². The van der Waals surface area contributed by atoms with E-state index in [1.807, 2.05) is 0 Å². The molecular weight excluding hydrogens is 244 g/mol. The maximum atomic E-state index is 12.3. The van der Waals surface area contributed by atoms with Gasteiger partial charge in [0.15, 0.2) is 0 Å². The van der Waals surface area contributed by atoms with Gasteiger partial charge in [0.05, 0.1) is 5.41 Å². The summed E-state index contributed by atoms with van der Waals surface area (Å²) in [6, 6.07) is -0.102. The number of nitrogens with zero attached hydrogens (tertiary/aromatic N) is 1. The Hall–Kier alpha value is -1.26. The maximum absolute atomic E-state index is 12.3. The Kier molecular flexibility index (Phi) is 3.74. The second kappa shape index (κ2) is 5.02. The first-order valence-electron chi connectivity index (χ1n) is 7.15. The van der Waals surface area contributed by atoms with Crippen LogP contribution in [0.5, 0.6) is 0 Å². The lowest BCUT2D eigenvalue weighted by molar-refractivity contribution is -0.146. The molecule has 108 valence electrons. The van der Waals surface area contributed by atoms with Gasteiger partial charge in [0, 0.05) is 18.6 Å². The molecule has 0 aromatic carbocycles. The smallest absolute Gasteiger partial charge is 0.317 e. The lowest BCUT2D eigenvalue weighted by Gasteiger charge is -2.36. The summed E-state index contributed by atoms with van der Waals surface area (Å²) >= 11 is 0. The minimum atomic E-state index is -0.813. The molecular formula is C14H24N2O3. The highest BCUT2D eigenvalue weighted by Gasteiger charge is 2.43. The van der Waals surface area contributed by atoms with Crippen LogP contribution in [-0.4, -0.2) is 40.6 Å². The molecule has 1 aliphatic heterocycles. The second-order valence-electron chi connectivity index (χ2n) is 6.59. The molecule has 5 heteroatoms. The van der Waals surface area contributed by atoms with Crippen molar-refractivity contribution in [2.75, 3.05) is 13.1 Å². The van der Waals surface area contributed by atoms with Crippen molar-refractivity contribution in [3.8, 4) is 0 Å². The molecule has 1 unspecified atom stereocenters. The molecule has 2 fully saturated rings. The van der Waals surface area contributed by atoms with Gasteiger partial charge in [-0.15, -0.1) is 0 Å². The van der Waals surface area contributed by atoms with Crippen LogP contribution in [-0.2, 0) is 4.79 Å². The molecule has 0 radical (unpaired) electrons. The fourth-order valence-corrected chi connectivity index (χ4v) is 3.10. The number of likely N-dealkylation sites (tertiary alicyclic amines) is 1. The van der Waals surface area contributed by atoms with E-state index in [4.69, 9.17) is 0 Å². The number of carboxylic acids is 1. The average molecular weight is 268 g/mol. The van der Waals surface area contributed by atoms with Gasteiger partial charge >= 0.3 is 12.0 Å². The van der Waals surface area contributed by atoms with Crippen molar-refractivity contribution >= 4 is 12.0 Å². The molecule has 5 nitrogen and oxygen atoms in total. The molecule has 2 aliphatic rings. The van der Waals surface area contributed by atoms with Crippen LogP contribution >= 0.6 is 0 Å². The Labute approximate surface area is 114 Å². The van der Waals surface area contributed by atoms with Crippen LogP contribution in [0.15, 0.2) is 0 Å². The third-order valence-electron chi connectivity index (χ3n) is 4.64. The minimum Gasteiger partial charge on any atom is -0.481 e. The quantitative estimate of drug-likeness (QED) is 0.806. The van der Waals surface area contributed by atoms with E-state index in [1.165, 1.54) is 6.42 Å². The van der Waals surface area contributed by atoms with E-state index in [0.717, 1.165) is 25.7 Å². The van der Waals surface area contributed by atoms with Gasteiger partial charge < -0.3 is 15.3 Å². The van der Waals surface area contributed by atoms with Crippen molar-refractivity contribution in [3.63, 3.8) is 0 Å². The van der Waals surface area contributed by atoms with Crippen LogP contribution in [0.4, 0.5) is 4.79 Å². The van der Waals surface area contributed by atoms with Gasteiger partial charge in [0.1, 0.15) is 0 Å². The minimum absolute atomic E-state index is 0.102. The van der Waals surface area contributed by atoms with Crippen molar-refractivity contribution in [1.29, 1.82) is 0 Å². The van der Waals surface area contributed by atoms with Crippen LogP contribution < -0.4 is 5.32 Å². The summed E-state index contributed by atoms with van der Waals surface area (Å²) in [6.07, 6.45) is 6.12. The van der Waals surface area contributed by atoms with Gasteiger partial charge in [-0.3, -0.25) is 4.79 Å². The van der Waals surface area contributed by atoms with Gasteiger partial charge in [0.2, 0.25) is 0 Å². The van der Waals surface area contributed by atoms with E-state index in [0.29, 0.717) is 19.5 Å². The number of nitrogens with one attached hydrogen (secondary N) is 1. The van der Waals surface area contributed by atoms with Gasteiger partial charge in [-0.1, -0.05) is 19.3 Å². The highest BCUT2D eigenvalue weighted by molar-refractivity contribution is 5.79. The van der Waals surface area contributed by atoms with Crippen molar-refractivity contribution < 1.29 is 14.7 Å². The fraction of sp³-hybridized carbons (Fsp3) is 0.857. The summed E-state index contributed by atoms with van der Waals surface area (Å²) < 4.78 is 0. The van der Waals surface area contributed by atoms with E-state index in [9.17, 15) is 14.7 Å². The summed E-state index contributed by atoms with van der Waals surface area (Å²) in [7, 11) is 0. The number of hydrogen-bond donors (Lipinski definition) is 2. The summed E-state index contributed by atoms with van der Waals surface area (Å²) in [4.78, 5) is 25.1. The van der Waals surface area contributed by atoms with Crippen molar-refractivity contribution in [2.45, 2.75) is 57.9 Å². The first-order chi connectivity index (χ1) is 8.85. The summed E-state index contributed by atoms with van der Waals surface area (Å²) in [5.41, 5.74) is -0.900. The summed E-state index contributed by atoms with van der Waals surface area (Å²) in [5.74, 6) is -0.813. The Morgan fingerprint density at radius 2 is 1.74 bits per heavy atom. The molecule has 1 heterocycles. The fourth-order valence-electron chi connectivity index (χ4n) is 3.10. The van der Waals surface area contributed by atoms with E-state index in [1.54, 1.807) is 11.8 Å². The molecule has 0 aromatic rings. The van der Waals surface area contributed by atoms with Crippen LogP contribution in [0.1, 0.15) is 52.4 Å². The van der Waals surface area contributed by atoms with Gasteiger partial charge in [-0.2, -0.15) is 0 Å². The molecule has 0 spiro atoms. The molecule has 0 aromatic heterocycles. The second-order valence-corrected chi connectivity index (χ2v) is 6.59. The Morgan fingerprint density at radius 3 is 2.26 bits per heavy atom. The molecule has 1 aliphatic carbocycles. The molecule has 2 N–H and O–H groups in total. The number of carbonyl (C=O) groups excluding carboxylic acids is 1. The molecule has 2 rings (SSSR count). The van der Waals surface area contributed by atoms with E-state index in [2.05, 4.69) is 12.2 Å². The van der Waals surface area contributed by atoms with Gasteiger partial charge in [0.25, 0.3) is 0 Å². The number of carboxylic acid groups (broad SMARTS) is 1. The standard InChI is InChI=1S/C14H24N2O3/c1-13(11(17)18)8-9-16(10-13)12(19)15-14(2)6-4-3-5-7-14/h3-10H2,1-2H3,(H,15,19)(H,17,18). The first-order valence-corrected chi connectivity index (χ1v) is 7.15. The lowest BCUT2D eigenvalue weighted by Crippen LogP contribution is -2.52. The first kappa shape index (κ1) is 14.2. The average Bonchev–Trinajstić information content (AvgIpc) is 2.74. The molecule has 1 saturated carbocycles. The highest BCUT2D eigenvalue weighted by atomic mass is 16.4. The lowest BCUT2D eigenvalue weighted by atomic mass is 9.83. The highest BCUT2D eigenvalue weighted by Crippen LogP contribution is 2.31. The van der Waals surface area contributed by atoms with Gasteiger partial charge in [-0.05, 0) is 33.1 Å². The zero-order valence-electron chi connectivity index (χ0n) is 11.9. The Balaban J connectivity index is 1.93. The van der Waals surface area contributed by atoms with Crippen LogP contribution in [0.25, 0.3) is 0 Å². The third kappa shape index (κ3) is 3.01. The summed E-state index contributed by atoms with van der Waals surface area (Å²) in [6.45, 7) is 4.65. The SMILES string of the molecule is CC1(NC(=O)N2CCC(C)(C(=O)O)C2)CCCCC1. The largest absolute Gasteiger partial charge is 0.481 e. The van der Waals surface area contributed by atoms with Crippen LogP contribution in [0.2, 0.25) is 0 Å². The summed E-state index contributed by atoms with van der Waals surface area (Å²) in [5, 5.41) is 12.3. The van der Waals surface area contributed by atoms with Crippen molar-refractivity contribution in [1.82, 2.24) is 10.2 Å². The molecule has 0 bridgehead atoms. The predicted molar refractivity (Wildman–Crippen MR) is 72.0 cm³/mol. The van der Waals surface area contributed by atoms with Crippen molar-refractivity contribution in [3.05, 3.63) is 0 Å². The molecule has 1 saturated heterocycles. The number of hydrogen-bond acceptors (Lipinski definition) is 2. The number of rotatable bonds is 2. The van der Waals surface area contributed by atoms with Crippen LogP contribution in [0.3, 0.4) is 0 Å². The number of amides is 2. The van der Waals surface area contributed by atoms with Gasteiger partial charge in [-0.25, -0.2) is 4.79 Å². The van der Waals surface area contributed by atoms with Crippen molar-refractivity contribution in [2.24, 2.45) is 5.41 Å². The Bertz CT molecular complexity index is 377. The number of aliphatic carboxylic acids is 1. The number of carbonyl (C=O) groups is 2. The maximum Gasteiger partial charge on any atom is 0.317 e. The van der Waals surface area contributed by atoms with E-state index < -0.39 is 11.4 Å². The monoisotopic (exact) mass is 268 g/mol. The predicted octanol–water partition coefficient (Wildman–Crippen LogP) is 2.22. The zero-order valence-corrected chi connectivity index (χ0v) is 11.9. The molecule has 19 heavy (non-hydrogen) atoms. The topological polar surface area (TPSA) is 69.6 Å². The molecule has 2 amide bonds. The molecule has 1 atom stereocenters. The zero-order chi connectivity index (χ0) is 14.1. The number of urea groups is 1. The third-order valence-corrected chi connectivity index (χ3v) is 4.64. The Morgan fingerprint density at radius 1 is 1.11 bits per heavy atom. The van der Waals surface area contributed by atoms with E-state index >= 15 is 0 Å². The van der Waals surface area contributed by atoms with E-state index in [-0.39, 0.29) is 11.6 Å².